The highest BCUT2D eigenvalue weighted by atomic mass is 16.3. The Balaban J connectivity index is 0.869. The van der Waals surface area contributed by atoms with Gasteiger partial charge in [0.2, 0.25) is 0 Å². The fourth-order valence-electron chi connectivity index (χ4n) is 9.40. The van der Waals surface area contributed by atoms with Gasteiger partial charge in [-0.05, 0) is 126 Å². The zero-order chi connectivity index (χ0) is 42.4. The van der Waals surface area contributed by atoms with E-state index in [-0.39, 0.29) is 0 Å². The summed E-state index contributed by atoms with van der Waals surface area (Å²) in [6.45, 7) is 0. The van der Waals surface area contributed by atoms with E-state index in [9.17, 15) is 0 Å². The molecule has 0 atom stereocenters. The molecule has 12 rings (SSSR count). The van der Waals surface area contributed by atoms with Gasteiger partial charge >= 0.3 is 0 Å². The van der Waals surface area contributed by atoms with Crippen molar-refractivity contribution in [1.29, 1.82) is 0 Å². The first-order valence-corrected chi connectivity index (χ1v) is 21.9. The van der Waals surface area contributed by atoms with Gasteiger partial charge in [0, 0.05) is 33.6 Å². The predicted octanol–water partition coefficient (Wildman–Crippen LogP) is 17.7. The van der Waals surface area contributed by atoms with Crippen LogP contribution < -0.4 is 4.90 Å². The average Bonchev–Trinajstić information content (AvgIpc) is 3.77. The van der Waals surface area contributed by atoms with E-state index < -0.39 is 0 Å². The molecule has 0 saturated heterocycles. The van der Waals surface area contributed by atoms with Crippen molar-refractivity contribution >= 4 is 60.3 Å². The normalized spacial score (nSPS) is 11.4. The van der Waals surface area contributed by atoms with Crippen molar-refractivity contribution in [3.05, 3.63) is 249 Å². The molecule has 0 N–H and O–H groups in total. The number of para-hydroxylation sites is 1. The monoisotopic (exact) mass is 815 g/mol. The molecule has 300 valence electrons. The molecule has 0 bridgehead atoms. The first-order valence-electron chi connectivity index (χ1n) is 21.9. The Morgan fingerprint density at radius 1 is 0.250 bits per heavy atom. The lowest BCUT2D eigenvalue weighted by molar-refractivity contribution is 0.632. The van der Waals surface area contributed by atoms with Gasteiger partial charge in [-0.15, -0.1) is 0 Å². The molecule has 1 heterocycles. The van der Waals surface area contributed by atoms with E-state index in [4.69, 9.17) is 4.42 Å². The van der Waals surface area contributed by atoms with Gasteiger partial charge < -0.3 is 9.32 Å². The predicted molar refractivity (Wildman–Crippen MR) is 271 cm³/mol. The minimum absolute atomic E-state index is 0.887. The van der Waals surface area contributed by atoms with E-state index in [0.29, 0.717) is 0 Å². The summed E-state index contributed by atoms with van der Waals surface area (Å²) in [5.74, 6) is 0.887. The second-order valence-electron chi connectivity index (χ2n) is 16.5. The molecule has 2 heteroatoms. The molecule has 2 nitrogen and oxygen atoms in total. The summed E-state index contributed by atoms with van der Waals surface area (Å²) in [6, 6.07) is 89.5. The summed E-state index contributed by atoms with van der Waals surface area (Å²) < 4.78 is 6.56. The van der Waals surface area contributed by atoms with Gasteiger partial charge in [-0.3, -0.25) is 0 Å². The number of fused-ring (bicyclic) bond motifs is 5. The largest absolute Gasteiger partial charge is 0.455 e. The maximum Gasteiger partial charge on any atom is 0.143 e. The topological polar surface area (TPSA) is 16.4 Å². The number of rotatable bonds is 8. The second kappa shape index (κ2) is 15.8. The summed E-state index contributed by atoms with van der Waals surface area (Å²) in [7, 11) is 0. The van der Waals surface area contributed by atoms with Crippen LogP contribution >= 0.6 is 0 Å². The van der Waals surface area contributed by atoms with E-state index >= 15 is 0 Å². The smallest absolute Gasteiger partial charge is 0.143 e. The third-order valence-corrected chi connectivity index (χ3v) is 12.7. The standard InChI is InChI=1S/C62H41NO/c1-2-13-48(14-3-1)61-59-19-8-9-20-60(59)64-62(61)53-17-10-16-50(40-53)45-23-21-43(22-24-45)44-29-33-54(34-30-44)63(56-37-38-58-52(41-56)28-26-47-12-6-7-18-57(47)58)55-35-31-46(32-36-55)51-27-25-42-11-4-5-15-49(42)39-51/h1-41H. The third kappa shape index (κ3) is 6.79. The van der Waals surface area contributed by atoms with Crippen molar-refractivity contribution in [1.82, 2.24) is 0 Å². The highest BCUT2D eigenvalue weighted by Gasteiger charge is 2.19. The number of benzene rings is 11. The van der Waals surface area contributed by atoms with Gasteiger partial charge in [0.05, 0.1) is 0 Å². The Hall–Kier alpha value is -8.46. The Morgan fingerprint density at radius 3 is 1.47 bits per heavy atom. The highest BCUT2D eigenvalue weighted by molar-refractivity contribution is 6.09. The second-order valence-corrected chi connectivity index (χ2v) is 16.5. The van der Waals surface area contributed by atoms with Gasteiger partial charge in [-0.2, -0.15) is 0 Å². The van der Waals surface area contributed by atoms with Crippen molar-refractivity contribution in [2.45, 2.75) is 0 Å². The van der Waals surface area contributed by atoms with Crippen LogP contribution in [0, 0.1) is 0 Å². The third-order valence-electron chi connectivity index (χ3n) is 12.7. The fraction of sp³-hybridized carbons (Fsp3) is 0. The Bertz CT molecular complexity index is 3640. The van der Waals surface area contributed by atoms with Crippen LogP contribution in [0.2, 0.25) is 0 Å². The first-order chi connectivity index (χ1) is 31.7. The van der Waals surface area contributed by atoms with E-state index in [1.807, 2.05) is 12.1 Å². The van der Waals surface area contributed by atoms with Crippen molar-refractivity contribution in [3.8, 4) is 55.8 Å². The van der Waals surface area contributed by atoms with Gasteiger partial charge in [-0.25, -0.2) is 0 Å². The van der Waals surface area contributed by atoms with Crippen LogP contribution in [0.25, 0.3) is 99.1 Å². The molecular weight excluding hydrogens is 775 g/mol. The number of nitrogens with zero attached hydrogens (tertiary/aromatic N) is 1. The van der Waals surface area contributed by atoms with Crippen LogP contribution in [0.5, 0.6) is 0 Å². The average molecular weight is 816 g/mol. The molecule has 64 heavy (non-hydrogen) atoms. The maximum atomic E-state index is 6.56. The quantitative estimate of drug-likeness (QED) is 0.142. The first kappa shape index (κ1) is 37.3. The van der Waals surface area contributed by atoms with Crippen LogP contribution in [0.15, 0.2) is 253 Å². The van der Waals surface area contributed by atoms with E-state index in [1.54, 1.807) is 0 Å². The molecule has 11 aromatic carbocycles. The lowest BCUT2D eigenvalue weighted by atomic mass is 9.95. The van der Waals surface area contributed by atoms with Crippen LogP contribution in [-0.2, 0) is 0 Å². The van der Waals surface area contributed by atoms with Crippen LogP contribution in [0.4, 0.5) is 17.1 Å². The van der Waals surface area contributed by atoms with Crippen molar-refractivity contribution in [2.24, 2.45) is 0 Å². The van der Waals surface area contributed by atoms with Gasteiger partial charge in [0.15, 0.2) is 0 Å². The Morgan fingerprint density at radius 2 is 0.734 bits per heavy atom. The Labute approximate surface area is 372 Å². The van der Waals surface area contributed by atoms with Gasteiger partial charge in [0.25, 0.3) is 0 Å². The molecule has 0 aliphatic carbocycles. The number of hydrogen-bond acceptors (Lipinski definition) is 2. The number of hydrogen-bond donors (Lipinski definition) is 0. The van der Waals surface area contributed by atoms with Crippen molar-refractivity contribution in [3.63, 3.8) is 0 Å². The van der Waals surface area contributed by atoms with E-state index in [2.05, 4.69) is 241 Å². The maximum absolute atomic E-state index is 6.56. The van der Waals surface area contributed by atoms with Gasteiger partial charge in [-0.1, -0.05) is 194 Å². The molecule has 0 saturated carbocycles. The van der Waals surface area contributed by atoms with Crippen molar-refractivity contribution < 1.29 is 4.42 Å². The number of furan rings is 1. The minimum atomic E-state index is 0.887. The summed E-state index contributed by atoms with van der Waals surface area (Å²) in [6.07, 6.45) is 0. The highest BCUT2D eigenvalue weighted by Crippen LogP contribution is 2.43. The minimum Gasteiger partial charge on any atom is -0.455 e. The fourth-order valence-corrected chi connectivity index (χ4v) is 9.40. The Kier molecular flexibility index (Phi) is 9.20. The molecule has 0 aliphatic heterocycles. The van der Waals surface area contributed by atoms with Gasteiger partial charge in [0.1, 0.15) is 11.3 Å². The molecule has 0 spiro atoms. The molecule has 0 fully saturated rings. The molecule has 1 aromatic heterocycles. The molecular formula is C62H41NO. The molecule has 0 radical (unpaired) electrons. The van der Waals surface area contributed by atoms with Crippen LogP contribution in [0.3, 0.4) is 0 Å². The van der Waals surface area contributed by atoms with Crippen LogP contribution in [-0.4, -0.2) is 0 Å². The zero-order valence-corrected chi connectivity index (χ0v) is 35.0. The number of anilines is 3. The summed E-state index contributed by atoms with van der Waals surface area (Å²) in [5, 5.41) is 8.60. The van der Waals surface area contributed by atoms with Crippen LogP contribution in [0.1, 0.15) is 0 Å². The molecule has 0 aliphatic rings. The summed E-state index contributed by atoms with van der Waals surface area (Å²) in [4.78, 5) is 2.36. The summed E-state index contributed by atoms with van der Waals surface area (Å²) >= 11 is 0. The van der Waals surface area contributed by atoms with E-state index in [0.717, 1.165) is 67.2 Å². The lowest BCUT2D eigenvalue weighted by Gasteiger charge is -2.26. The lowest BCUT2D eigenvalue weighted by Crippen LogP contribution is -2.09. The van der Waals surface area contributed by atoms with E-state index in [1.165, 1.54) is 49.0 Å². The van der Waals surface area contributed by atoms with Crippen molar-refractivity contribution in [2.75, 3.05) is 4.90 Å². The zero-order valence-electron chi connectivity index (χ0n) is 35.0. The molecule has 12 aromatic rings. The molecule has 0 unspecified atom stereocenters. The summed E-state index contributed by atoms with van der Waals surface area (Å²) in [5.41, 5.74) is 14.5. The molecule has 0 amide bonds. The SMILES string of the molecule is c1ccc(-c2c(-c3cccc(-c4ccc(-c5ccc(N(c6ccc(-c7ccc8ccccc8c7)cc6)c6ccc7c(ccc8ccccc87)c6)cc5)cc4)c3)oc3ccccc23)cc1.